The van der Waals surface area contributed by atoms with E-state index in [4.69, 9.17) is 4.74 Å². The van der Waals surface area contributed by atoms with E-state index in [2.05, 4.69) is 0 Å². The Bertz CT molecular complexity index is 262. The number of ether oxygens (including phenoxy) is 1. The molecule has 3 heteroatoms. The molecule has 0 spiro atoms. The van der Waals surface area contributed by atoms with Gasteiger partial charge >= 0.3 is 5.97 Å². The lowest BCUT2D eigenvalue weighted by Crippen LogP contribution is -2.35. The summed E-state index contributed by atoms with van der Waals surface area (Å²) in [6, 6.07) is 0. The van der Waals surface area contributed by atoms with Crippen LogP contribution in [0.3, 0.4) is 0 Å². The summed E-state index contributed by atoms with van der Waals surface area (Å²) in [7, 11) is 0. The normalized spacial score (nSPS) is 61.0. The van der Waals surface area contributed by atoms with Crippen LogP contribution in [-0.4, -0.2) is 23.3 Å². The van der Waals surface area contributed by atoms with E-state index < -0.39 is 0 Å². The van der Waals surface area contributed by atoms with Gasteiger partial charge in [-0.25, -0.2) is 0 Å². The fraction of sp³-hybridized carbons (Fsp3) is 0.889. The van der Waals surface area contributed by atoms with Crippen molar-refractivity contribution in [3.05, 3.63) is 0 Å². The number of esters is 1. The van der Waals surface area contributed by atoms with E-state index in [1.165, 1.54) is 0 Å². The molecule has 3 fully saturated rings. The maximum absolute atomic E-state index is 11.4. The quantitative estimate of drug-likeness (QED) is 0.530. The van der Waals surface area contributed by atoms with Gasteiger partial charge in [-0.2, -0.15) is 0 Å². The molecule has 3 aliphatic rings. The molecule has 2 bridgehead atoms. The average molecular weight is 168 g/mol. The minimum absolute atomic E-state index is 0.0865. The van der Waals surface area contributed by atoms with Crippen LogP contribution < -0.4 is 0 Å². The molecule has 3 rings (SSSR count). The van der Waals surface area contributed by atoms with E-state index in [-0.39, 0.29) is 23.6 Å². The maximum atomic E-state index is 11.4. The Hall–Kier alpha value is -0.570. The smallest absolute Gasteiger partial charge is 0.312 e. The lowest BCUT2D eigenvalue weighted by atomic mass is 9.75. The van der Waals surface area contributed by atoms with Crippen molar-refractivity contribution in [3.8, 4) is 0 Å². The Morgan fingerprint density at radius 2 is 2.42 bits per heavy atom. The molecule has 1 N–H and O–H groups in total. The number of carbonyl (C=O) groups excluding carboxylic acids is 1. The highest BCUT2D eigenvalue weighted by Gasteiger charge is 2.67. The third-order valence-corrected chi connectivity index (χ3v) is 3.99. The van der Waals surface area contributed by atoms with Gasteiger partial charge in [0, 0.05) is 5.92 Å². The number of aliphatic hydroxyl groups is 1. The first-order chi connectivity index (χ1) is 5.63. The topological polar surface area (TPSA) is 46.5 Å². The van der Waals surface area contributed by atoms with Gasteiger partial charge in [-0.15, -0.1) is 0 Å². The highest BCUT2D eigenvalue weighted by atomic mass is 16.6. The number of hydrogen-bond donors (Lipinski definition) is 1. The van der Waals surface area contributed by atoms with E-state index in [1.807, 2.05) is 6.92 Å². The summed E-state index contributed by atoms with van der Waals surface area (Å²) in [5.74, 6) is 0.526. The van der Waals surface area contributed by atoms with E-state index in [0.29, 0.717) is 11.8 Å². The second-order valence-corrected chi connectivity index (χ2v) is 4.58. The standard InChI is InChI=1S/C9H12O3/c1-9-3-4-2-5(9)7(6(4)10)12-8(9)11/h4-7,10H,2-3H2,1H3/t4-,5+,6-,7+,9-/m1/s1. The highest BCUT2D eigenvalue weighted by Crippen LogP contribution is 2.61. The Labute approximate surface area is 70.7 Å². The van der Waals surface area contributed by atoms with Crippen LogP contribution in [0.2, 0.25) is 0 Å². The van der Waals surface area contributed by atoms with Crippen LogP contribution >= 0.6 is 0 Å². The van der Waals surface area contributed by atoms with Crippen molar-refractivity contribution in [1.82, 2.24) is 0 Å². The van der Waals surface area contributed by atoms with Crippen molar-refractivity contribution in [2.45, 2.75) is 32.0 Å². The lowest BCUT2D eigenvalue weighted by molar-refractivity contribution is -0.148. The van der Waals surface area contributed by atoms with Crippen molar-refractivity contribution in [1.29, 1.82) is 0 Å². The number of aliphatic hydroxyl groups excluding tert-OH is 1. The lowest BCUT2D eigenvalue weighted by Gasteiger charge is -2.25. The zero-order chi connectivity index (χ0) is 8.51. The van der Waals surface area contributed by atoms with Gasteiger partial charge in [-0.05, 0) is 25.7 Å². The Morgan fingerprint density at radius 1 is 1.67 bits per heavy atom. The van der Waals surface area contributed by atoms with Crippen LogP contribution in [0.25, 0.3) is 0 Å². The van der Waals surface area contributed by atoms with Crippen molar-refractivity contribution in [2.75, 3.05) is 0 Å². The fourth-order valence-corrected chi connectivity index (χ4v) is 3.27. The SMILES string of the molecule is C[C@@]12C[C@H]3C[C@H]1[C@H](OC2=O)[C@@H]3O. The van der Waals surface area contributed by atoms with Gasteiger partial charge in [0.1, 0.15) is 6.10 Å². The summed E-state index contributed by atoms with van der Waals surface area (Å²) in [5, 5.41) is 9.66. The molecule has 0 amide bonds. The van der Waals surface area contributed by atoms with E-state index in [9.17, 15) is 9.90 Å². The molecule has 1 saturated heterocycles. The number of carbonyl (C=O) groups is 1. The molecule has 0 unspecified atom stereocenters. The summed E-state index contributed by atoms with van der Waals surface area (Å²) >= 11 is 0. The Morgan fingerprint density at radius 3 is 3.00 bits per heavy atom. The predicted molar refractivity (Wildman–Crippen MR) is 40.2 cm³/mol. The van der Waals surface area contributed by atoms with Crippen molar-refractivity contribution in [2.24, 2.45) is 17.3 Å². The summed E-state index contributed by atoms with van der Waals surface area (Å²) in [6.45, 7) is 1.98. The molecule has 3 nitrogen and oxygen atoms in total. The molecule has 66 valence electrons. The minimum atomic E-state index is -0.380. The second kappa shape index (κ2) is 1.69. The summed E-state index contributed by atoms with van der Waals surface area (Å²) in [6.07, 6.45) is 1.25. The second-order valence-electron chi connectivity index (χ2n) is 4.58. The minimum Gasteiger partial charge on any atom is -0.459 e. The van der Waals surface area contributed by atoms with Crippen LogP contribution in [0.4, 0.5) is 0 Å². The largest absolute Gasteiger partial charge is 0.459 e. The third kappa shape index (κ3) is 0.505. The molecule has 0 aromatic heterocycles. The molecule has 1 heterocycles. The van der Waals surface area contributed by atoms with E-state index >= 15 is 0 Å². The zero-order valence-electron chi connectivity index (χ0n) is 6.99. The fourth-order valence-electron chi connectivity index (χ4n) is 3.27. The Balaban J connectivity index is 2.09. The van der Waals surface area contributed by atoms with Crippen LogP contribution in [0.1, 0.15) is 19.8 Å². The Kier molecular flexibility index (Phi) is 0.971. The maximum Gasteiger partial charge on any atom is 0.312 e. The third-order valence-electron chi connectivity index (χ3n) is 3.99. The summed E-state index contributed by atoms with van der Waals surface area (Å²) < 4.78 is 5.17. The van der Waals surface area contributed by atoms with Gasteiger partial charge in [-0.1, -0.05) is 0 Å². The predicted octanol–water partition coefficient (Wildman–Crippen LogP) is 0.319. The molecule has 0 aromatic carbocycles. The first-order valence-electron chi connectivity index (χ1n) is 4.52. The molecule has 5 atom stereocenters. The van der Waals surface area contributed by atoms with E-state index in [1.54, 1.807) is 0 Å². The molecule has 1 aliphatic heterocycles. The number of hydrogen-bond acceptors (Lipinski definition) is 3. The highest BCUT2D eigenvalue weighted by molar-refractivity contribution is 5.80. The number of fused-ring (bicyclic) bond motifs is 1. The van der Waals surface area contributed by atoms with Crippen LogP contribution in [0, 0.1) is 17.3 Å². The van der Waals surface area contributed by atoms with Gasteiger partial charge in [0.05, 0.1) is 11.5 Å². The molecular formula is C9H12O3. The van der Waals surface area contributed by atoms with Crippen molar-refractivity contribution >= 4 is 5.97 Å². The van der Waals surface area contributed by atoms with Crippen LogP contribution in [0.5, 0.6) is 0 Å². The van der Waals surface area contributed by atoms with Gasteiger partial charge in [0.25, 0.3) is 0 Å². The zero-order valence-corrected chi connectivity index (χ0v) is 6.99. The first-order valence-corrected chi connectivity index (χ1v) is 4.52. The molecule has 0 aromatic rings. The molecular weight excluding hydrogens is 156 g/mol. The monoisotopic (exact) mass is 168 g/mol. The average Bonchev–Trinajstić information content (AvgIpc) is 2.53. The number of rotatable bonds is 0. The van der Waals surface area contributed by atoms with Gasteiger partial charge in [-0.3, -0.25) is 4.79 Å². The van der Waals surface area contributed by atoms with Gasteiger partial charge in [0.2, 0.25) is 0 Å². The van der Waals surface area contributed by atoms with E-state index in [0.717, 1.165) is 12.8 Å². The van der Waals surface area contributed by atoms with Crippen LogP contribution in [0.15, 0.2) is 0 Å². The molecule has 12 heavy (non-hydrogen) atoms. The van der Waals surface area contributed by atoms with Crippen LogP contribution in [-0.2, 0) is 9.53 Å². The van der Waals surface area contributed by atoms with Crippen molar-refractivity contribution < 1.29 is 14.6 Å². The van der Waals surface area contributed by atoms with Crippen molar-refractivity contribution in [3.63, 3.8) is 0 Å². The summed E-state index contributed by atoms with van der Waals surface area (Å²) in [4.78, 5) is 11.4. The molecule has 0 radical (unpaired) electrons. The molecule has 2 saturated carbocycles. The van der Waals surface area contributed by atoms with Gasteiger partial charge in [0.15, 0.2) is 0 Å². The first kappa shape index (κ1) is 6.89. The summed E-state index contributed by atoms with van der Waals surface area (Å²) in [5.41, 5.74) is -0.255. The van der Waals surface area contributed by atoms with Gasteiger partial charge < -0.3 is 9.84 Å². The molecule has 2 aliphatic carbocycles.